The molecule has 4 N–H and O–H groups in total. The molecule has 1 aromatic carbocycles. The lowest BCUT2D eigenvalue weighted by Gasteiger charge is -2.27. The molecule has 0 bridgehead atoms. The number of imide groups is 2. The molecule has 0 radical (unpaired) electrons. The molecule has 29 heavy (non-hydrogen) atoms. The van der Waals surface area contributed by atoms with Crippen LogP contribution in [0.3, 0.4) is 0 Å². The first-order valence-electron chi connectivity index (χ1n) is 9.02. The molecular weight excluding hydrogens is 384 g/mol. The quantitative estimate of drug-likeness (QED) is 0.343. The number of carboxylic acid groups (broad SMARTS) is 1. The summed E-state index contributed by atoms with van der Waals surface area (Å²) in [5.74, 6) is -2.20. The smallest absolute Gasteiger partial charge is 0.404 e. The first kappa shape index (κ1) is 20.3. The summed E-state index contributed by atoms with van der Waals surface area (Å²) in [5, 5.41) is 15.8. The van der Waals surface area contributed by atoms with Crippen molar-refractivity contribution in [1.82, 2.24) is 15.5 Å². The zero-order valence-corrected chi connectivity index (χ0v) is 15.4. The van der Waals surface area contributed by atoms with Gasteiger partial charge in [0.05, 0.1) is 24.3 Å². The third kappa shape index (κ3) is 4.51. The number of amides is 5. The highest BCUT2D eigenvalue weighted by atomic mass is 16.5. The summed E-state index contributed by atoms with van der Waals surface area (Å²) in [6.45, 7) is 1.13. The van der Waals surface area contributed by atoms with Gasteiger partial charge in [-0.25, -0.2) is 4.79 Å². The van der Waals surface area contributed by atoms with Gasteiger partial charge in [0.1, 0.15) is 6.04 Å². The van der Waals surface area contributed by atoms with Crippen molar-refractivity contribution in [2.75, 3.05) is 31.6 Å². The zero-order valence-electron chi connectivity index (χ0n) is 15.4. The van der Waals surface area contributed by atoms with Gasteiger partial charge in [-0.2, -0.15) is 0 Å². The van der Waals surface area contributed by atoms with Crippen LogP contribution in [0.5, 0.6) is 0 Å². The second-order valence-corrected chi connectivity index (χ2v) is 6.48. The Morgan fingerprint density at radius 2 is 1.86 bits per heavy atom. The monoisotopic (exact) mass is 404 g/mol. The Kier molecular flexibility index (Phi) is 6.07. The van der Waals surface area contributed by atoms with Gasteiger partial charge in [-0.15, -0.1) is 0 Å². The molecule has 11 heteroatoms. The van der Waals surface area contributed by atoms with E-state index in [1.54, 1.807) is 6.07 Å². The number of nitrogens with one attached hydrogen (secondary N) is 3. The standard InChI is InChI=1S/C18H20N4O7/c23-14-4-3-13(15(24)21-14)22-16(25)11-2-1-10(9-12(11)17(22)26)19-5-7-29-8-6-20-18(27)28/h1-2,9,13,19-20H,3-8H2,(H,27,28)(H,21,23,24). The van der Waals surface area contributed by atoms with Gasteiger partial charge in [0.25, 0.3) is 11.8 Å². The van der Waals surface area contributed by atoms with Crippen LogP contribution in [-0.4, -0.2) is 72.1 Å². The van der Waals surface area contributed by atoms with Gasteiger partial charge in [-0.05, 0) is 24.6 Å². The first-order chi connectivity index (χ1) is 13.9. The molecule has 1 fully saturated rings. The van der Waals surface area contributed by atoms with Crippen molar-refractivity contribution >= 4 is 35.4 Å². The van der Waals surface area contributed by atoms with Crippen LogP contribution in [0.1, 0.15) is 33.6 Å². The summed E-state index contributed by atoms with van der Waals surface area (Å²) in [7, 11) is 0. The number of hydrogen-bond donors (Lipinski definition) is 4. The van der Waals surface area contributed by atoms with E-state index in [1.165, 1.54) is 12.1 Å². The fraction of sp³-hybridized carbons (Fsp3) is 0.389. The third-order valence-electron chi connectivity index (χ3n) is 4.54. The van der Waals surface area contributed by atoms with E-state index in [1.807, 2.05) is 0 Å². The van der Waals surface area contributed by atoms with Crippen LogP contribution in [0, 0.1) is 0 Å². The highest BCUT2D eigenvalue weighted by Gasteiger charge is 2.44. The Bertz CT molecular complexity index is 870. The molecule has 5 amide bonds. The topological polar surface area (TPSA) is 154 Å². The number of rotatable bonds is 8. The average Bonchev–Trinajstić information content (AvgIpc) is 2.91. The van der Waals surface area contributed by atoms with E-state index in [2.05, 4.69) is 16.0 Å². The van der Waals surface area contributed by atoms with E-state index in [4.69, 9.17) is 9.84 Å². The number of benzene rings is 1. The van der Waals surface area contributed by atoms with E-state index in [-0.39, 0.29) is 37.1 Å². The molecule has 1 atom stereocenters. The maximum atomic E-state index is 12.7. The second kappa shape index (κ2) is 8.69. The average molecular weight is 404 g/mol. The molecule has 1 aromatic rings. The van der Waals surface area contributed by atoms with Crippen molar-refractivity contribution in [3.05, 3.63) is 29.3 Å². The minimum Gasteiger partial charge on any atom is -0.465 e. The van der Waals surface area contributed by atoms with Gasteiger partial charge in [-0.3, -0.25) is 29.4 Å². The Balaban J connectivity index is 1.57. The van der Waals surface area contributed by atoms with Crippen molar-refractivity contribution in [3.8, 4) is 0 Å². The molecule has 0 saturated carbocycles. The third-order valence-corrected chi connectivity index (χ3v) is 4.54. The van der Waals surface area contributed by atoms with Gasteiger partial charge >= 0.3 is 6.09 Å². The van der Waals surface area contributed by atoms with Gasteiger partial charge in [0, 0.05) is 25.2 Å². The summed E-state index contributed by atoms with van der Waals surface area (Å²) in [4.78, 5) is 59.9. The molecule has 0 aromatic heterocycles. The lowest BCUT2D eigenvalue weighted by molar-refractivity contribution is -0.136. The minimum atomic E-state index is -1.12. The van der Waals surface area contributed by atoms with Crippen LogP contribution in [-0.2, 0) is 14.3 Å². The number of ether oxygens (including phenoxy) is 1. The van der Waals surface area contributed by atoms with Gasteiger partial charge in [-0.1, -0.05) is 0 Å². The summed E-state index contributed by atoms with van der Waals surface area (Å²) in [6, 6.07) is 3.70. The molecule has 1 unspecified atom stereocenters. The summed E-state index contributed by atoms with van der Waals surface area (Å²) in [6.07, 6.45) is -0.941. The maximum absolute atomic E-state index is 12.7. The summed E-state index contributed by atoms with van der Waals surface area (Å²) in [5.41, 5.74) is 1.000. The van der Waals surface area contributed by atoms with Crippen LogP contribution < -0.4 is 16.0 Å². The van der Waals surface area contributed by atoms with E-state index in [0.717, 1.165) is 4.90 Å². The molecule has 11 nitrogen and oxygen atoms in total. The molecule has 3 rings (SSSR count). The van der Waals surface area contributed by atoms with Crippen LogP contribution in [0.4, 0.5) is 10.5 Å². The molecule has 2 aliphatic heterocycles. The van der Waals surface area contributed by atoms with E-state index >= 15 is 0 Å². The largest absolute Gasteiger partial charge is 0.465 e. The number of carbonyl (C=O) groups excluding carboxylic acids is 4. The van der Waals surface area contributed by atoms with E-state index in [0.29, 0.717) is 18.8 Å². The maximum Gasteiger partial charge on any atom is 0.404 e. The van der Waals surface area contributed by atoms with Crippen molar-refractivity contribution < 1.29 is 33.8 Å². The fourth-order valence-corrected chi connectivity index (χ4v) is 3.18. The zero-order chi connectivity index (χ0) is 21.0. The summed E-state index contributed by atoms with van der Waals surface area (Å²) >= 11 is 0. The number of piperidine rings is 1. The van der Waals surface area contributed by atoms with Crippen LogP contribution in [0.15, 0.2) is 18.2 Å². The molecule has 1 saturated heterocycles. The molecule has 154 valence electrons. The molecule has 0 aliphatic carbocycles. The van der Waals surface area contributed by atoms with Gasteiger partial charge < -0.3 is 20.5 Å². The Hall–Kier alpha value is -3.47. The highest BCUT2D eigenvalue weighted by molar-refractivity contribution is 6.23. The number of fused-ring (bicyclic) bond motifs is 1. The first-order valence-corrected chi connectivity index (χ1v) is 9.02. The molecule has 2 aliphatic rings. The lowest BCUT2D eigenvalue weighted by atomic mass is 10.0. The normalized spacial score (nSPS) is 18.5. The highest BCUT2D eigenvalue weighted by Crippen LogP contribution is 2.29. The van der Waals surface area contributed by atoms with Crippen molar-refractivity contribution in [3.63, 3.8) is 0 Å². The number of hydrogen-bond acceptors (Lipinski definition) is 7. The van der Waals surface area contributed by atoms with E-state index < -0.39 is 35.8 Å². The van der Waals surface area contributed by atoms with Crippen molar-refractivity contribution in [2.45, 2.75) is 18.9 Å². The minimum absolute atomic E-state index is 0.0681. The van der Waals surface area contributed by atoms with E-state index in [9.17, 15) is 24.0 Å². The SMILES string of the molecule is O=C(O)NCCOCCNc1ccc2c(c1)C(=O)N(C1CCC(=O)NC1=O)C2=O. The Morgan fingerprint density at radius 1 is 1.14 bits per heavy atom. The van der Waals surface area contributed by atoms with Gasteiger partial charge in [0.2, 0.25) is 11.8 Å². The number of carbonyl (C=O) groups is 5. The predicted molar refractivity (Wildman–Crippen MR) is 98.4 cm³/mol. The molecular formula is C18H20N4O7. The Morgan fingerprint density at radius 3 is 2.59 bits per heavy atom. The van der Waals surface area contributed by atoms with Crippen LogP contribution in [0.25, 0.3) is 0 Å². The predicted octanol–water partition coefficient (Wildman–Crippen LogP) is -0.216. The lowest BCUT2D eigenvalue weighted by Crippen LogP contribution is -2.54. The summed E-state index contributed by atoms with van der Waals surface area (Å²) < 4.78 is 5.26. The molecule has 0 spiro atoms. The fourth-order valence-electron chi connectivity index (χ4n) is 3.18. The van der Waals surface area contributed by atoms with Crippen LogP contribution in [0.2, 0.25) is 0 Å². The number of anilines is 1. The Labute approximate surface area is 165 Å². The molecule has 2 heterocycles. The van der Waals surface area contributed by atoms with Gasteiger partial charge in [0.15, 0.2) is 0 Å². The van der Waals surface area contributed by atoms with Crippen LogP contribution >= 0.6 is 0 Å². The number of nitrogens with zero attached hydrogens (tertiary/aromatic N) is 1. The van der Waals surface area contributed by atoms with Crippen molar-refractivity contribution in [2.24, 2.45) is 0 Å². The van der Waals surface area contributed by atoms with Crippen molar-refractivity contribution in [1.29, 1.82) is 0 Å². The second-order valence-electron chi connectivity index (χ2n) is 6.48.